The Labute approximate surface area is 148 Å². The summed E-state index contributed by atoms with van der Waals surface area (Å²) in [6.07, 6.45) is 2.52. The highest BCUT2D eigenvalue weighted by molar-refractivity contribution is 7.71. The molecule has 25 heavy (non-hydrogen) atoms. The molecule has 6 nitrogen and oxygen atoms in total. The van der Waals surface area contributed by atoms with Crippen LogP contribution in [-0.4, -0.2) is 30.0 Å². The van der Waals surface area contributed by atoms with Crippen molar-refractivity contribution in [1.82, 2.24) is 19.7 Å². The van der Waals surface area contributed by atoms with Gasteiger partial charge in [-0.05, 0) is 54.5 Å². The van der Waals surface area contributed by atoms with Crippen LogP contribution >= 0.6 is 12.2 Å². The van der Waals surface area contributed by atoms with Crippen LogP contribution in [0.1, 0.15) is 12.5 Å². The van der Waals surface area contributed by atoms with Gasteiger partial charge in [0.2, 0.25) is 0 Å². The molecule has 0 bridgehead atoms. The average molecular weight is 352 g/mol. The minimum atomic E-state index is -0.0485. The smallest absolute Gasteiger partial charge is 0.200 e. The monoisotopic (exact) mass is 352 g/mol. The molecule has 0 amide bonds. The number of aromatic amines is 2. The third-order valence-electron chi connectivity index (χ3n) is 4.29. The summed E-state index contributed by atoms with van der Waals surface area (Å²) < 4.78 is 2.20. The molecule has 0 unspecified atom stereocenters. The fourth-order valence-electron chi connectivity index (χ4n) is 2.98. The van der Waals surface area contributed by atoms with Crippen LogP contribution in [0.15, 0.2) is 42.6 Å². The van der Waals surface area contributed by atoms with Crippen LogP contribution in [0.2, 0.25) is 0 Å². The van der Waals surface area contributed by atoms with Gasteiger partial charge in [0, 0.05) is 23.2 Å². The summed E-state index contributed by atoms with van der Waals surface area (Å²) in [7, 11) is 0. The number of fused-ring (bicyclic) bond motifs is 1. The van der Waals surface area contributed by atoms with Crippen molar-refractivity contribution in [3.8, 4) is 28.6 Å². The minimum Gasteiger partial charge on any atom is -0.508 e. The Hall–Kier alpha value is -3.06. The first-order valence-corrected chi connectivity index (χ1v) is 8.29. The largest absolute Gasteiger partial charge is 0.508 e. The summed E-state index contributed by atoms with van der Waals surface area (Å²) in [5.74, 6) is 0.512. The molecule has 0 saturated carbocycles. The van der Waals surface area contributed by atoms with Crippen molar-refractivity contribution in [2.75, 3.05) is 0 Å². The van der Waals surface area contributed by atoms with Gasteiger partial charge in [-0.1, -0.05) is 6.92 Å². The van der Waals surface area contributed by atoms with Gasteiger partial charge in [0.25, 0.3) is 0 Å². The molecule has 2 aromatic carbocycles. The number of phenols is 2. The van der Waals surface area contributed by atoms with Gasteiger partial charge < -0.3 is 15.2 Å². The normalized spacial score (nSPS) is 11.2. The van der Waals surface area contributed by atoms with Crippen molar-refractivity contribution >= 4 is 23.1 Å². The number of aryl methyl sites for hydroxylation is 1. The van der Waals surface area contributed by atoms with Crippen LogP contribution in [0.25, 0.3) is 28.0 Å². The molecule has 0 radical (unpaired) electrons. The second-order valence-electron chi connectivity index (χ2n) is 5.79. The van der Waals surface area contributed by atoms with Crippen LogP contribution in [0, 0.1) is 4.77 Å². The second-order valence-corrected chi connectivity index (χ2v) is 6.18. The molecular formula is C18H16N4O2S. The van der Waals surface area contributed by atoms with E-state index in [1.165, 1.54) is 6.07 Å². The first-order valence-electron chi connectivity index (χ1n) is 7.88. The Morgan fingerprint density at radius 2 is 1.96 bits per heavy atom. The van der Waals surface area contributed by atoms with E-state index in [-0.39, 0.29) is 11.5 Å². The topological polar surface area (TPSA) is 89.9 Å². The second kappa shape index (κ2) is 5.78. The number of nitrogens with one attached hydrogen (secondary N) is 2. The van der Waals surface area contributed by atoms with Crippen LogP contribution in [0.5, 0.6) is 11.5 Å². The summed E-state index contributed by atoms with van der Waals surface area (Å²) in [5, 5.41) is 28.4. The fraction of sp³-hybridized carbons (Fsp3) is 0.111. The predicted molar refractivity (Wildman–Crippen MR) is 98.7 cm³/mol. The van der Waals surface area contributed by atoms with Crippen LogP contribution < -0.4 is 0 Å². The molecule has 0 spiro atoms. The number of hydrogen-bond acceptors (Lipinski definition) is 4. The summed E-state index contributed by atoms with van der Waals surface area (Å²) in [6.45, 7) is 1.94. The lowest BCUT2D eigenvalue weighted by Crippen LogP contribution is -1.98. The zero-order valence-electron chi connectivity index (χ0n) is 13.4. The van der Waals surface area contributed by atoms with E-state index < -0.39 is 0 Å². The molecule has 2 heterocycles. The molecule has 2 aromatic heterocycles. The number of hydrogen-bond donors (Lipinski definition) is 4. The highest BCUT2D eigenvalue weighted by Gasteiger charge is 2.17. The summed E-state index contributed by atoms with van der Waals surface area (Å²) in [6, 6.07) is 11.0. The fourth-order valence-corrected chi connectivity index (χ4v) is 3.22. The van der Waals surface area contributed by atoms with Gasteiger partial charge in [-0.3, -0.25) is 9.67 Å². The maximum absolute atomic E-state index is 10.3. The standard InChI is InChI=1S/C18H16N4O2S/c1-2-10-8-13(16(24)9-15(10)23)17-20-21-18(25)22(17)12-3-4-14-11(7-12)5-6-19-14/h3-9,19,23-24H,2H2,1H3,(H,21,25). The summed E-state index contributed by atoms with van der Waals surface area (Å²) >= 11 is 5.39. The molecule has 0 aliphatic carbocycles. The van der Waals surface area contributed by atoms with Crippen molar-refractivity contribution in [3.05, 3.63) is 52.9 Å². The molecule has 0 saturated heterocycles. The number of phenolic OH excluding ortho intramolecular Hbond substituents is 2. The van der Waals surface area contributed by atoms with Crippen LogP contribution in [0.3, 0.4) is 0 Å². The van der Waals surface area contributed by atoms with E-state index in [9.17, 15) is 10.2 Å². The molecule has 4 N–H and O–H groups in total. The number of rotatable bonds is 3. The lowest BCUT2D eigenvalue weighted by atomic mass is 10.1. The Bertz CT molecular complexity index is 1140. The van der Waals surface area contributed by atoms with Crippen LogP contribution in [0.4, 0.5) is 0 Å². The third-order valence-corrected chi connectivity index (χ3v) is 4.56. The third kappa shape index (κ3) is 2.49. The molecule has 0 aliphatic heterocycles. The number of benzene rings is 2. The van der Waals surface area contributed by atoms with E-state index in [1.54, 1.807) is 10.6 Å². The Balaban J connectivity index is 1.95. The zero-order valence-corrected chi connectivity index (χ0v) is 14.3. The van der Waals surface area contributed by atoms with Crippen molar-refractivity contribution in [1.29, 1.82) is 0 Å². The van der Waals surface area contributed by atoms with Crippen molar-refractivity contribution < 1.29 is 10.2 Å². The average Bonchev–Trinajstić information content (AvgIpc) is 3.20. The summed E-state index contributed by atoms with van der Waals surface area (Å²) in [4.78, 5) is 3.16. The first-order chi connectivity index (χ1) is 12.1. The van der Waals surface area contributed by atoms with Crippen molar-refractivity contribution in [2.45, 2.75) is 13.3 Å². The zero-order chi connectivity index (χ0) is 17.6. The van der Waals surface area contributed by atoms with Gasteiger partial charge in [0.15, 0.2) is 10.6 Å². The van der Waals surface area contributed by atoms with Gasteiger partial charge in [-0.2, -0.15) is 5.10 Å². The molecular weight excluding hydrogens is 336 g/mol. The Morgan fingerprint density at radius 3 is 2.76 bits per heavy atom. The lowest BCUT2D eigenvalue weighted by molar-refractivity contribution is 0.447. The van der Waals surface area contributed by atoms with Gasteiger partial charge in [0.1, 0.15) is 11.5 Å². The molecule has 4 aromatic rings. The predicted octanol–water partition coefficient (Wildman–Crippen LogP) is 4.05. The van der Waals surface area contributed by atoms with Gasteiger partial charge in [-0.15, -0.1) is 0 Å². The van der Waals surface area contributed by atoms with E-state index in [4.69, 9.17) is 12.2 Å². The SMILES string of the molecule is CCc1cc(-c2n[nH]c(=S)n2-c2ccc3[nH]ccc3c2)c(O)cc1O. The Kier molecular flexibility index (Phi) is 3.58. The molecule has 4 rings (SSSR count). The maximum Gasteiger partial charge on any atom is 0.200 e. The maximum atomic E-state index is 10.3. The highest BCUT2D eigenvalue weighted by atomic mass is 32.1. The quantitative estimate of drug-likeness (QED) is 0.419. The number of aromatic hydroxyl groups is 2. The van der Waals surface area contributed by atoms with Gasteiger partial charge >= 0.3 is 0 Å². The number of aromatic nitrogens is 4. The number of nitrogens with zero attached hydrogens (tertiary/aromatic N) is 2. The van der Waals surface area contributed by atoms with Gasteiger partial charge in [0.05, 0.1) is 11.3 Å². The lowest BCUT2D eigenvalue weighted by Gasteiger charge is -2.11. The van der Waals surface area contributed by atoms with E-state index in [0.717, 1.165) is 22.2 Å². The van der Waals surface area contributed by atoms with E-state index in [2.05, 4.69) is 15.2 Å². The molecule has 0 fully saturated rings. The Morgan fingerprint density at radius 1 is 1.12 bits per heavy atom. The van der Waals surface area contributed by atoms with Crippen molar-refractivity contribution in [3.63, 3.8) is 0 Å². The summed E-state index contributed by atoms with van der Waals surface area (Å²) in [5.41, 5.74) is 3.11. The van der Waals surface area contributed by atoms with Crippen LogP contribution in [-0.2, 0) is 6.42 Å². The van der Waals surface area contributed by atoms with E-state index in [0.29, 0.717) is 22.6 Å². The molecule has 0 atom stereocenters. The highest BCUT2D eigenvalue weighted by Crippen LogP contribution is 2.35. The molecule has 7 heteroatoms. The minimum absolute atomic E-state index is 0.0485. The van der Waals surface area contributed by atoms with Gasteiger partial charge in [-0.25, -0.2) is 0 Å². The number of H-pyrrole nitrogens is 2. The molecule has 0 aliphatic rings. The van der Waals surface area contributed by atoms with E-state index in [1.807, 2.05) is 37.4 Å². The van der Waals surface area contributed by atoms with E-state index >= 15 is 0 Å². The first kappa shape index (κ1) is 15.5. The van der Waals surface area contributed by atoms with Crippen molar-refractivity contribution in [2.24, 2.45) is 0 Å². The molecule has 126 valence electrons.